The van der Waals surface area contributed by atoms with E-state index in [4.69, 9.17) is 16.2 Å². The first-order chi connectivity index (χ1) is 17.8. The third-order valence-electron chi connectivity index (χ3n) is 6.82. The summed E-state index contributed by atoms with van der Waals surface area (Å²) in [6.45, 7) is 4.99. The van der Waals surface area contributed by atoms with E-state index >= 15 is 0 Å². The molecule has 1 unspecified atom stereocenters. The van der Waals surface area contributed by atoms with Crippen LogP contribution in [0.1, 0.15) is 66.9 Å². The number of pyridine rings is 1. The van der Waals surface area contributed by atoms with Crippen molar-refractivity contribution in [1.29, 1.82) is 0 Å². The molecule has 37 heavy (non-hydrogen) atoms. The van der Waals surface area contributed by atoms with Crippen LogP contribution in [0.15, 0.2) is 30.5 Å². The van der Waals surface area contributed by atoms with Crippen LogP contribution in [-0.4, -0.2) is 39.5 Å². The van der Waals surface area contributed by atoms with Gasteiger partial charge in [-0.25, -0.2) is 4.98 Å². The number of aryl methyl sites for hydroxylation is 1. The van der Waals surface area contributed by atoms with Gasteiger partial charge in [0, 0.05) is 37.0 Å². The third kappa shape index (κ3) is 6.84. The number of nitrogens with two attached hydrogens (primary N) is 2. The molecule has 1 aromatic carbocycles. The van der Waals surface area contributed by atoms with Crippen molar-refractivity contribution in [3.8, 4) is 0 Å². The smallest absolute Gasteiger partial charge is 0.306 e. The van der Waals surface area contributed by atoms with Crippen molar-refractivity contribution in [2.45, 2.75) is 65.0 Å². The molecule has 1 atom stereocenters. The number of nitrogens with one attached hydrogen (secondary N) is 2. The van der Waals surface area contributed by atoms with Gasteiger partial charge in [0.2, 0.25) is 5.95 Å². The summed E-state index contributed by atoms with van der Waals surface area (Å²) < 4.78 is 5.50. The highest BCUT2D eigenvalue weighted by Crippen LogP contribution is 2.25. The van der Waals surface area contributed by atoms with Crippen LogP contribution in [0.25, 0.3) is 11.0 Å². The number of esters is 1. The van der Waals surface area contributed by atoms with Crippen molar-refractivity contribution in [1.82, 2.24) is 20.3 Å². The molecular weight excluding hydrogens is 470 g/mol. The Morgan fingerprint density at radius 1 is 1.14 bits per heavy atom. The Hall–Kier alpha value is -3.95. The van der Waals surface area contributed by atoms with Crippen molar-refractivity contribution in [3.63, 3.8) is 0 Å². The number of nitrogen functional groups attached to an aromatic ring is 2. The number of amides is 1. The summed E-state index contributed by atoms with van der Waals surface area (Å²) in [7, 11) is 0. The second-order valence-electron chi connectivity index (χ2n) is 9.76. The van der Waals surface area contributed by atoms with Crippen LogP contribution >= 0.6 is 0 Å². The quantitative estimate of drug-likeness (QED) is 0.301. The average Bonchev–Trinajstić information content (AvgIpc) is 3.38. The molecule has 196 valence electrons. The van der Waals surface area contributed by atoms with Gasteiger partial charge in [-0.1, -0.05) is 6.92 Å². The molecule has 6 N–H and O–H groups in total. The number of hydrogen-bond donors (Lipinski definition) is 4. The summed E-state index contributed by atoms with van der Waals surface area (Å²) in [4.78, 5) is 37.1. The minimum atomic E-state index is -0.142. The molecule has 10 heteroatoms. The standard InChI is InChI=1S/C27H35N7O3/c1-16(7-12-22(35)37-21-5-3-4-6-21)13-32-26(36)18-8-10-20(11-9-18)30-14-19-15-31-25-23(17(19)2)24(28)33-27(29)34-25/h8-11,15-16,21,30H,3-7,12-14H2,1-2H3,(H,32,36)(H4,28,29,31,33,34). The minimum Gasteiger partial charge on any atom is -0.462 e. The largest absolute Gasteiger partial charge is 0.462 e. The van der Waals surface area contributed by atoms with Crippen LogP contribution in [0.4, 0.5) is 17.5 Å². The Morgan fingerprint density at radius 2 is 1.86 bits per heavy atom. The van der Waals surface area contributed by atoms with Crippen molar-refractivity contribution < 1.29 is 14.3 Å². The zero-order chi connectivity index (χ0) is 26.4. The molecule has 0 aliphatic heterocycles. The SMILES string of the molecule is Cc1c(CNc2ccc(C(=O)NCC(C)CCC(=O)OC3CCCC3)cc2)cnc2nc(N)nc(N)c12. The van der Waals surface area contributed by atoms with Gasteiger partial charge >= 0.3 is 5.97 Å². The van der Waals surface area contributed by atoms with Gasteiger partial charge in [-0.3, -0.25) is 9.59 Å². The normalized spacial score (nSPS) is 14.4. The number of aromatic nitrogens is 3. The number of carbonyl (C=O) groups is 2. The highest BCUT2D eigenvalue weighted by atomic mass is 16.5. The molecule has 0 saturated heterocycles. The van der Waals surface area contributed by atoms with Gasteiger partial charge in [0.15, 0.2) is 5.65 Å². The maximum Gasteiger partial charge on any atom is 0.306 e. The monoisotopic (exact) mass is 505 g/mol. The number of benzene rings is 1. The van der Waals surface area contributed by atoms with E-state index in [1.807, 2.05) is 26.0 Å². The fourth-order valence-electron chi connectivity index (χ4n) is 4.53. The Kier molecular flexibility index (Phi) is 8.37. The molecule has 2 heterocycles. The van der Waals surface area contributed by atoms with Gasteiger partial charge < -0.3 is 26.8 Å². The highest BCUT2D eigenvalue weighted by molar-refractivity contribution is 5.94. The van der Waals surface area contributed by atoms with E-state index in [9.17, 15) is 9.59 Å². The second-order valence-corrected chi connectivity index (χ2v) is 9.76. The minimum absolute atomic E-state index is 0.0978. The number of ether oxygens (including phenoxy) is 1. The molecule has 1 fully saturated rings. The topological polar surface area (TPSA) is 158 Å². The maximum absolute atomic E-state index is 12.6. The van der Waals surface area contributed by atoms with E-state index in [-0.39, 0.29) is 29.8 Å². The Bertz CT molecular complexity index is 1260. The third-order valence-corrected chi connectivity index (χ3v) is 6.82. The molecule has 1 aliphatic rings. The van der Waals surface area contributed by atoms with Crippen LogP contribution in [0.3, 0.4) is 0 Å². The first kappa shape index (κ1) is 26.1. The van der Waals surface area contributed by atoms with Crippen LogP contribution in [0.5, 0.6) is 0 Å². The van der Waals surface area contributed by atoms with Crippen LogP contribution in [0.2, 0.25) is 0 Å². The molecule has 0 radical (unpaired) electrons. The molecule has 3 aromatic rings. The number of carbonyl (C=O) groups excluding carboxylic acids is 2. The summed E-state index contributed by atoms with van der Waals surface area (Å²) in [5.74, 6) is 0.305. The number of rotatable bonds is 10. The molecule has 0 spiro atoms. The lowest BCUT2D eigenvalue weighted by molar-refractivity contribution is -0.149. The van der Waals surface area contributed by atoms with E-state index < -0.39 is 0 Å². The fraction of sp³-hybridized carbons (Fsp3) is 0.444. The van der Waals surface area contributed by atoms with E-state index in [0.717, 1.165) is 42.5 Å². The average molecular weight is 506 g/mol. The summed E-state index contributed by atoms with van der Waals surface area (Å²) in [6, 6.07) is 7.28. The van der Waals surface area contributed by atoms with Crippen molar-refractivity contribution in [2.24, 2.45) is 5.92 Å². The van der Waals surface area contributed by atoms with Crippen molar-refractivity contribution in [3.05, 3.63) is 47.2 Å². The number of anilines is 3. The van der Waals surface area contributed by atoms with Gasteiger partial charge in [-0.05, 0) is 80.3 Å². The van der Waals surface area contributed by atoms with E-state index in [1.54, 1.807) is 18.3 Å². The van der Waals surface area contributed by atoms with Crippen molar-refractivity contribution >= 4 is 40.4 Å². The highest BCUT2D eigenvalue weighted by Gasteiger charge is 2.19. The summed E-state index contributed by atoms with van der Waals surface area (Å²) in [5.41, 5.74) is 15.5. The summed E-state index contributed by atoms with van der Waals surface area (Å²) >= 11 is 0. The lowest BCUT2D eigenvalue weighted by atomic mass is 10.1. The van der Waals surface area contributed by atoms with Gasteiger partial charge in [-0.2, -0.15) is 9.97 Å². The van der Waals surface area contributed by atoms with E-state index in [2.05, 4.69) is 25.6 Å². The van der Waals surface area contributed by atoms with E-state index in [1.165, 1.54) is 0 Å². The predicted octanol–water partition coefficient (Wildman–Crippen LogP) is 3.74. The number of fused-ring (bicyclic) bond motifs is 1. The summed E-state index contributed by atoms with van der Waals surface area (Å²) in [5, 5.41) is 6.99. The fourth-order valence-corrected chi connectivity index (χ4v) is 4.53. The molecule has 4 rings (SSSR count). The van der Waals surface area contributed by atoms with Crippen LogP contribution < -0.4 is 22.1 Å². The number of nitrogens with zero attached hydrogens (tertiary/aromatic N) is 3. The lowest BCUT2D eigenvalue weighted by Crippen LogP contribution is -2.28. The Balaban J connectivity index is 1.23. The van der Waals surface area contributed by atoms with Crippen molar-refractivity contribution in [2.75, 3.05) is 23.3 Å². The van der Waals surface area contributed by atoms with Gasteiger partial charge in [0.1, 0.15) is 11.9 Å². The number of hydrogen-bond acceptors (Lipinski definition) is 9. The predicted molar refractivity (Wildman–Crippen MR) is 144 cm³/mol. The van der Waals surface area contributed by atoms with Gasteiger partial charge in [0.25, 0.3) is 5.91 Å². The van der Waals surface area contributed by atoms with E-state index in [0.29, 0.717) is 48.3 Å². The maximum atomic E-state index is 12.6. The zero-order valence-electron chi connectivity index (χ0n) is 21.4. The van der Waals surface area contributed by atoms with Gasteiger partial charge in [0.05, 0.1) is 5.39 Å². The van der Waals surface area contributed by atoms with Crippen LogP contribution in [-0.2, 0) is 16.1 Å². The second kappa shape index (κ2) is 11.9. The molecule has 1 aliphatic carbocycles. The molecular formula is C27H35N7O3. The first-order valence-corrected chi connectivity index (χ1v) is 12.8. The molecule has 2 aromatic heterocycles. The zero-order valence-corrected chi connectivity index (χ0v) is 21.4. The Morgan fingerprint density at radius 3 is 2.59 bits per heavy atom. The molecule has 10 nitrogen and oxygen atoms in total. The van der Waals surface area contributed by atoms with Crippen LogP contribution in [0, 0.1) is 12.8 Å². The molecule has 0 bridgehead atoms. The first-order valence-electron chi connectivity index (χ1n) is 12.8. The van der Waals surface area contributed by atoms with Gasteiger partial charge in [-0.15, -0.1) is 0 Å². The summed E-state index contributed by atoms with van der Waals surface area (Å²) in [6.07, 6.45) is 7.15. The molecule has 1 saturated carbocycles. The lowest BCUT2D eigenvalue weighted by Gasteiger charge is -2.15. The molecule has 1 amide bonds. The Labute approximate surface area is 216 Å².